The van der Waals surface area contributed by atoms with E-state index in [0.29, 0.717) is 6.54 Å². The van der Waals surface area contributed by atoms with Gasteiger partial charge in [-0.3, -0.25) is 4.79 Å². The van der Waals surface area contributed by atoms with Crippen LogP contribution in [0.25, 0.3) is 0 Å². The fourth-order valence-electron chi connectivity index (χ4n) is 2.75. The highest BCUT2D eigenvalue weighted by Crippen LogP contribution is 2.21. The highest BCUT2D eigenvalue weighted by Gasteiger charge is 2.15. The lowest BCUT2D eigenvalue weighted by Crippen LogP contribution is -2.37. The number of benzene rings is 2. The summed E-state index contributed by atoms with van der Waals surface area (Å²) in [5.41, 5.74) is 3.46. The Bertz CT molecular complexity index is 738. The fraction of sp³-hybridized carbons (Fsp3) is 0.435. The maximum absolute atomic E-state index is 12.2. The van der Waals surface area contributed by atoms with E-state index < -0.39 is 6.10 Å². The lowest BCUT2D eigenvalue weighted by Gasteiger charge is -2.17. The molecule has 0 radical (unpaired) electrons. The summed E-state index contributed by atoms with van der Waals surface area (Å²) in [4.78, 5) is 12.2. The first-order valence-electron chi connectivity index (χ1n) is 9.63. The third kappa shape index (κ3) is 6.63. The Morgan fingerprint density at radius 2 is 1.70 bits per heavy atom. The van der Waals surface area contributed by atoms with Gasteiger partial charge in [-0.05, 0) is 82.3 Å². The summed E-state index contributed by atoms with van der Waals surface area (Å²) in [5, 5.41) is 2.96. The van der Waals surface area contributed by atoms with Crippen molar-refractivity contribution in [3.8, 4) is 11.5 Å². The molecule has 1 atom stereocenters. The average Bonchev–Trinajstić information content (AvgIpc) is 2.63. The van der Waals surface area contributed by atoms with Gasteiger partial charge in [-0.2, -0.15) is 0 Å². The first kappa shape index (κ1) is 20.8. The van der Waals surface area contributed by atoms with Crippen LogP contribution < -0.4 is 14.8 Å². The van der Waals surface area contributed by atoms with Crippen LogP contribution in [0.4, 0.5) is 0 Å². The summed E-state index contributed by atoms with van der Waals surface area (Å²) >= 11 is 0. The lowest BCUT2D eigenvalue weighted by molar-refractivity contribution is -0.127. The van der Waals surface area contributed by atoms with Gasteiger partial charge < -0.3 is 14.8 Å². The largest absolute Gasteiger partial charge is 0.491 e. The Morgan fingerprint density at radius 3 is 2.37 bits per heavy atom. The molecule has 146 valence electrons. The number of carbonyl (C=O) groups excluding carboxylic acids is 1. The van der Waals surface area contributed by atoms with Crippen molar-refractivity contribution < 1.29 is 14.3 Å². The van der Waals surface area contributed by atoms with Crippen molar-refractivity contribution in [3.63, 3.8) is 0 Å². The predicted octanol–water partition coefficient (Wildman–Crippen LogP) is 4.61. The van der Waals surface area contributed by atoms with Gasteiger partial charge in [0.2, 0.25) is 0 Å². The third-order valence-corrected chi connectivity index (χ3v) is 4.46. The van der Waals surface area contributed by atoms with Crippen LogP contribution in [0.5, 0.6) is 11.5 Å². The maximum Gasteiger partial charge on any atom is 0.260 e. The molecular formula is C23H31NO3. The Hall–Kier alpha value is -2.49. The van der Waals surface area contributed by atoms with E-state index in [4.69, 9.17) is 9.47 Å². The van der Waals surface area contributed by atoms with Gasteiger partial charge in [0.05, 0.1) is 6.10 Å². The van der Waals surface area contributed by atoms with Crippen molar-refractivity contribution in [1.29, 1.82) is 0 Å². The normalized spacial score (nSPS) is 11.9. The molecule has 0 saturated carbocycles. The van der Waals surface area contributed by atoms with Crippen LogP contribution in [0, 0.1) is 13.8 Å². The van der Waals surface area contributed by atoms with E-state index in [1.165, 1.54) is 5.56 Å². The SMILES string of the molecule is Cc1cccc(O[C@H](C)C(=O)NCCCc2ccc(OC(C)C)cc2)c1C. The minimum absolute atomic E-state index is 0.0865. The summed E-state index contributed by atoms with van der Waals surface area (Å²) in [5.74, 6) is 1.57. The Balaban J connectivity index is 1.73. The first-order valence-corrected chi connectivity index (χ1v) is 9.63. The van der Waals surface area contributed by atoms with E-state index >= 15 is 0 Å². The van der Waals surface area contributed by atoms with Crippen LogP contribution >= 0.6 is 0 Å². The smallest absolute Gasteiger partial charge is 0.260 e. The van der Waals surface area contributed by atoms with Gasteiger partial charge in [-0.15, -0.1) is 0 Å². The average molecular weight is 370 g/mol. The van der Waals surface area contributed by atoms with Gasteiger partial charge in [0.1, 0.15) is 11.5 Å². The molecule has 0 aliphatic rings. The molecule has 0 heterocycles. The minimum Gasteiger partial charge on any atom is -0.491 e. The van der Waals surface area contributed by atoms with Gasteiger partial charge in [0.15, 0.2) is 6.10 Å². The van der Waals surface area contributed by atoms with Crippen molar-refractivity contribution >= 4 is 5.91 Å². The number of ether oxygens (including phenoxy) is 2. The highest BCUT2D eigenvalue weighted by molar-refractivity contribution is 5.80. The van der Waals surface area contributed by atoms with Gasteiger partial charge in [0.25, 0.3) is 5.91 Å². The second-order valence-corrected chi connectivity index (χ2v) is 7.16. The van der Waals surface area contributed by atoms with Gasteiger partial charge >= 0.3 is 0 Å². The summed E-state index contributed by atoms with van der Waals surface area (Å²) < 4.78 is 11.5. The summed E-state index contributed by atoms with van der Waals surface area (Å²) in [6, 6.07) is 14.0. The molecule has 4 nitrogen and oxygen atoms in total. The summed E-state index contributed by atoms with van der Waals surface area (Å²) in [6.45, 7) is 10.5. The van der Waals surface area contributed by atoms with Gasteiger partial charge in [-0.25, -0.2) is 0 Å². The summed E-state index contributed by atoms with van der Waals surface area (Å²) in [7, 11) is 0. The van der Waals surface area contributed by atoms with Crippen LogP contribution in [-0.4, -0.2) is 24.7 Å². The third-order valence-electron chi connectivity index (χ3n) is 4.46. The topological polar surface area (TPSA) is 47.6 Å². The molecule has 2 aromatic rings. The standard InChI is InChI=1S/C23H31NO3/c1-16(2)26-21-13-11-20(12-14-21)9-7-15-24-23(25)19(5)27-22-10-6-8-17(3)18(22)4/h6,8,10-14,16,19H,7,9,15H2,1-5H3,(H,24,25)/t19-/m1/s1. The molecule has 0 aliphatic carbocycles. The van der Waals surface area contributed by atoms with Crippen LogP contribution in [-0.2, 0) is 11.2 Å². The molecule has 2 rings (SSSR count). The number of carbonyl (C=O) groups is 1. The lowest BCUT2D eigenvalue weighted by atomic mass is 10.1. The fourth-order valence-corrected chi connectivity index (χ4v) is 2.75. The van der Waals surface area contributed by atoms with E-state index in [1.54, 1.807) is 6.92 Å². The predicted molar refractivity (Wildman–Crippen MR) is 110 cm³/mol. The zero-order chi connectivity index (χ0) is 19.8. The van der Waals surface area contributed by atoms with E-state index in [1.807, 2.05) is 58.0 Å². The second-order valence-electron chi connectivity index (χ2n) is 7.16. The Kier molecular flexibility index (Phi) is 7.71. The number of amides is 1. The molecule has 27 heavy (non-hydrogen) atoms. The number of hydrogen-bond acceptors (Lipinski definition) is 3. The number of hydrogen-bond donors (Lipinski definition) is 1. The highest BCUT2D eigenvalue weighted by atomic mass is 16.5. The van der Waals surface area contributed by atoms with E-state index in [0.717, 1.165) is 35.5 Å². The molecule has 0 unspecified atom stereocenters. The molecule has 0 spiro atoms. The van der Waals surface area contributed by atoms with Crippen LogP contribution in [0.15, 0.2) is 42.5 Å². The monoisotopic (exact) mass is 369 g/mol. The van der Waals surface area contributed by atoms with E-state index in [9.17, 15) is 4.79 Å². The van der Waals surface area contributed by atoms with Crippen molar-refractivity contribution in [3.05, 3.63) is 59.2 Å². The van der Waals surface area contributed by atoms with Crippen molar-refractivity contribution in [1.82, 2.24) is 5.32 Å². The van der Waals surface area contributed by atoms with Crippen molar-refractivity contribution in [2.24, 2.45) is 0 Å². The van der Waals surface area contributed by atoms with E-state index in [2.05, 4.69) is 17.4 Å². The van der Waals surface area contributed by atoms with E-state index in [-0.39, 0.29) is 12.0 Å². The zero-order valence-corrected chi connectivity index (χ0v) is 17.0. The number of nitrogens with one attached hydrogen (secondary N) is 1. The van der Waals surface area contributed by atoms with Crippen molar-refractivity contribution in [2.75, 3.05) is 6.54 Å². The molecular weight excluding hydrogens is 338 g/mol. The van der Waals surface area contributed by atoms with Crippen LogP contribution in [0.1, 0.15) is 43.9 Å². The minimum atomic E-state index is -0.516. The van der Waals surface area contributed by atoms with Gasteiger partial charge in [0, 0.05) is 6.54 Å². The number of aryl methyl sites for hydroxylation is 2. The second kappa shape index (κ2) is 10.0. The zero-order valence-electron chi connectivity index (χ0n) is 17.0. The molecule has 4 heteroatoms. The van der Waals surface area contributed by atoms with Crippen molar-refractivity contribution in [2.45, 2.75) is 59.7 Å². The Labute approximate surface area is 162 Å². The molecule has 0 saturated heterocycles. The molecule has 0 aromatic heterocycles. The molecule has 0 aliphatic heterocycles. The first-order chi connectivity index (χ1) is 12.9. The molecule has 1 amide bonds. The number of rotatable bonds is 9. The maximum atomic E-state index is 12.2. The quantitative estimate of drug-likeness (QED) is 0.657. The molecule has 0 fully saturated rings. The molecule has 1 N–H and O–H groups in total. The van der Waals surface area contributed by atoms with Gasteiger partial charge in [-0.1, -0.05) is 24.3 Å². The van der Waals surface area contributed by atoms with Crippen LogP contribution in [0.3, 0.4) is 0 Å². The Morgan fingerprint density at radius 1 is 1.00 bits per heavy atom. The van der Waals surface area contributed by atoms with Crippen LogP contribution in [0.2, 0.25) is 0 Å². The molecule has 2 aromatic carbocycles. The summed E-state index contributed by atoms with van der Waals surface area (Å²) in [6.07, 6.45) is 1.46. The molecule has 0 bridgehead atoms.